The molecule has 28 rings (SSSR count). The largest absolute Gasteiger partial charge is 0.457 e. The number of fused-ring (bicyclic) bond motifs is 10. The molecule has 0 amide bonds. The van der Waals surface area contributed by atoms with Crippen molar-refractivity contribution in [2.24, 2.45) is 47.3 Å². The molecule has 5 nitrogen and oxygen atoms in total. The maximum Gasteiger partial charge on any atom is 0.172 e. The average molecular weight is 1620 g/mol. The zero-order chi connectivity index (χ0) is 81.9. The smallest absolute Gasteiger partial charge is 0.172 e. The van der Waals surface area contributed by atoms with Gasteiger partial charge in [-0.05, 0) is 330 Å². The van der Waals surface area contributed by atoms with E-state index >= 15 is 0 Å². The normalized spacial score (nSPS) is 22.4. The van der Waals surface area contributed by atoms with Gasteiger partial charge >= 0.3 is 0 Å². The first-order valence-corrected chi connectivity index (χ1v) is 48.4. The standard InChI is InChI=1S/C60H51NOSi.C58H45NO2/c1-63(2)58-31-29-50(61(48-25-20-43(21-26-48)41-12-5-3-6-13-41)49-27-22-44(23-28-49)42-14-7-4-8-15-42)38-57(58)62-56-19-11-17-51(59(56)63)45-24-30-55-53(37-45)52-16-9-10-18-54(52)60(55)46-33-39-32-40(35-46)36-47(60)34-39;1-3-9-39(10-4-1)41-15-21-47(22-16-41)59(48-23-17-42(18-24-48)40-11-5-2-6-12-40)49-25-28-55-57(36-49)61-56-35-44(20-27-54(56)60-55)43-19-26-53-51(34-43)50-13-7-8-14-52(50)58(53)45-30-37-29-38(32-45)33-46(58)31-37/h3-31,37-40,46-47H,32-36H2,1-2H3;1-28,34-38,45-46H,29-33H2. The Balaban J connectivity index is 0.000000136. The second-order valence-corrected chi connectivity index (χ2v) is 42.2. The van der Waals surface area contributed by atoms with Gasteiger partial charge in [0.2, 0.25) is 0 Å². The summed E-state index contributed by atoms with van der Waals surface area (Å²) in [6.07, 6.45) is 14.2. The van der Waals surface area contributed by atoms with Crippen LogP contribution in [0, 0.1) is 47.3 Å². The summed E-state index contributed by atoms with van der Waals surface area (Å²) >= 11 is 0. The van der Waals surface area contributed by atoms with Crippen LogP contribution in [-0.4, -0.2) is 8.07 Å². The Morgan fingerprint density at radius 1 is 0.218 bits per heavy atom. The van der Waals surface area contributed by atoms with E-state index in [9.17, 15) is 0 Å². The third-order valence-corrected chi connectivity index (χ3v) is 34.5. The van der Waals surface area contributed by atoms with E-state index in [1.54, 1.807) is 22.3 Å². The first-order chi connectivity index (χ1) is 61.1. The molecular formula is C118H96N2O3Si. The predicted molar refractivity (Wildman–Crippen MR) is 511 cm³/mol. The molecule has 0 N–H and O–H groups in total. The zero-order valence-electron chi connectivity index (χ0n) is 70.1. The SMILES string of the molecule is C[Si]1(C)c2ccc(N(c3ccc(-c4ccccc4)cc3)c3ccc(-c4ccccc4)cc3)cc2Oc2cccc(-c3ccc4c(c3)-c3ccccc3C43C4CC5CC(C4)CC3C5)c21.c1ccc(-c2ccc(N(c3ccc(-c4ccccc4)cc3)c3ccc4c(c3)Oc3cc(-c5ccc6c(c5)-c5ccccc5C65C6CC7CC(C6)CC5C7)ccc3O4)cc2)cc1. The van der Waals surface area contributed by atoms with Crippen LogP contribution >= 0.6 is 0 Å². The summed E-state index contributed by atoms with van der Waals surface area (Å²) in [6.45, 7) is 5.04. The fourth-order valence-corrected chi connectivity index (χ4v) is 29.3. The maximum absolute atomic E-state index is 7.10. The highest BCUT2D eigenvalue weighted by atomic mass is 28.3. The molecule has 12 aliphatic rings. The molecule has 16 aromatic carbocycles. The van der Waals surface area contributed by atoms with Crippen molar-refractivity contribution in [1.29, 1.82) is 0 Å². The van der Waals surface area contributed by atoms with Gasteiger partial charge in [0, 0.05) is 51.4 Å². The second-order valence-electron chi connectivity index (χ2n) is 37.9. The Labute approximate surface area is 729 Å². The Bertz CT molecular complexity index is 6640. The van der Waals surface area contributed by atoms with E-state index in [1.807, 2.05) is 6.07 Å². The van der Waals surface area contributed by atoms with Gasteiger partial charge in [-0.2, -0.15) is 0 Å². The van der Waals surface area contributed by atoms with E-state index in [0.29, 0.717) is 11.5 Å². The molecule has 0 unspecified atom stereocenters. The molecule has 8 fully saturated rings. The van der Waals surface area contributed by atoms with Gasteiger partial charge in [0.05, 0.1) is 5.69 Å². The zero-order valence-corrected chi connectivity index (χ0v) is 71.1. The van der Waals surface area contributed by atoms with Crippen molar-refractivity contribution in [3.63, 3.8) is 0 Å². The number of hydrogen-bond donors (Lipinski definition) is 0. The molecule has 8 bridgehead atoms. The van der Waals surface area contributed by atoms with E-state index in [2.05, 4.69) is 393 Å². The third-order valence-electron chi connectivity index (χ3n) is 31.0. The summed E-state index contributed by atoms with van der Waals surface area (Å²) in [5.41, 5.74) is 33.5. The molecule has 124 heavy (non-hydrogen) atoms. The molecule has 6 heteroatoms. The average Bonchev–Trinajstić information content (AvgIpc) is 1.49. The van der Waals surface area contributed by atoms with Gasteiger partial charge in [0.25, 0.3) is 0 Å². The van der Waals surface area contributed by atoms with Gasteiger partial charge in [0.1, 0.15) is 19.6 Å². The summed E-state index contributed by atoms with van der Waals surface area (Å²) in [5.74, 6) is 11.6. The van der Waals surface area contributed by atoms with Crippen LogP contribution in [0.1, 0.15) is 86.5 Å². The quantitative estimate of drug-likeness (QED) is 0.114. The van der Waals surface area contributed by atoms with Crippen LogP contribution in [0.4, 0.5) is 34.1 Å². The topological polar surface area (TPSA) is 34.2 Å². The molecule has 2 aliphatic heterocycles. The molecule has 0 atom stereocenters. The monoisotopic (exact) mass is 1620 g/mol. The van der Waals surface area contributed by atoms with E-state index in [1.165, 1.54) is 158 Å². The Kier molecular flexibility index (Phi) is 17.1. The molecule has 16 aromatic rings. The fraction of sp³-hybridized carbons (Fsp3) is 0.186. The van der Waals surface area contributed by atoms with Gasteiger partial charge < -0.3 is 24.0 Å². The number of hydrogen-bond acceptors (Lipinski definition) is 5. The molecule has 2 heterocycles. The lowest BCUT2D eigenvalue weighted by molar-refractivity contribution is -0.0399. The molecule has 8 saturated carbocycles. The molecule has 0 aromatic heterocycles. The van der Waals surface area contributed by atoms with E-state index in [0.717, 1.165) is 110 Å². The highest BCUT2D eigenvalue weighted by Crippen LogP contribution is 2.72. The number of rotatable bonds is 12. The maximum atomic E-state index is 7.10. The Morgan fingerprint density at radius 2 is 0.524 bits per heavy atom. The van der Waals surface area contributed by atoms with Crippen molar-refractivity contribution in [2.75, 3.05) is 9.80 Å². The van der Waals surface area contributed by atoms with Crippen LogP contribution in [0.25, 0.3) is 89.0 Å². The van der Waals surface area contributed by atoms with Crippen LogP contribution < -0.4 is 34.4 Å². The van der Waals surface area contributed by atoms with Crippen molar-refractivity contribution in [2.45, 2.75) is 88.1 Å². The Hall–Kier alpha value is -13.3. The lowest BCUT2D eigenvalue weighted by atomic mass is 9.43. The van der Waals surface area contributed by atoms with E-state index < -0.39 is 8.07 Å². The van der Waals surface area contributed by atoms with Crippen LogP contribution in [0.2, 0.25) is 13.1 Å². The van der Waals surface area contributed by atoms with E-state index in [4.69, 9.17) is 14.2 Å². The molecular weight excluding hydrogens is 1520 g/mol. The van der Waals surface area contributed by atoms with Crippen molar-refractivity contribution in [3.05, 3.63) is 398 Å². The van der Waals surface area contributed by atoms with Crippen LogP contribution in [-0.2, 0) is 10.8 Å². The van der Waals surface area contributed by atoms with E-state index in [-0.39, 0.29) is 10.8 Å². The summed E-state index contributed by atoms with van der Waals surface area (Å²) in [4.78, 5) is 4.66. The van der Waals surface area contributed by atoms with Gasteiger partial charge in [-0.15, -0.1) is 0 Å². The highest BCUT2D eigenvalue weighted by molar-refractivity contribution is 7.02. The second kappa shape index (κ2) is 28.9. The van der Waals surface area contributed by atoms with Crippen molar-refractivity contribution in [1.82, 2.24) is 0 Å². The van der Waals surface area contributed by atoms with Crippen LogP contribution in [0.15, 0.2) is 376 Å². The van der Waals surface area contributed by atoms with Crippen LogP contribution in [0.3, 0.4) is 0 Å². The lowest BCUT2D eigenvalue weighted by Crippen LogP contribution is -2.56. The third kappa shape index (κ3) is 11.8. The molecule has 0 saturated heterocycles. The van der Waals surface area contributed by atoms with Gasteiger partial charge in [-0.1, -0.05) is 280 Å². The molecule has 0 radical (unpaired) electrons. The number of anilines is 6. The highest BCUT2D eigenvalue weighted by Gasteiger charge is 2.63. The first-order valence-electron chi connectivity index (χ1n) is 45.4. The van der Waals surface area contributed by atoms with Gasteiger partial charge in [0.15, 0.2) is 23.0 Å². The molecule has 600 valence electrons. The van der Waals surface area contributed by atoms with Crippen molar-refractivity contribution in [3.8, 4) is 124 Å². The number of nitrogens with zero attached hydrogens (tertiary/aromatic N) is 2. The fourth-order valence-electron chi connectivity index (χ4n) is 26.2. The molecule has 10 aliphatic carbocycles. The minimum atomic E-state index is -2.27. The van der Waals surface area contributed by atoms with Gasteiger partial charge in [-0.25, -0.2) is 0 Å². The predicted octanol–water partition coefficient (Wildman–Crippen LogP) is 30.6. The summed E-state index contributed by atoms with van der Waals surface area (Å²) in [7, 11) is -2.27. The van der Waals surface area contributed by atoms with Crippen molar-refractivity contribution >= 4 is 52.6 Å². The summed E-state index contributed by atoms with van der Waals surface area (Å²) in [5, 5.41) is 2.73. The lowest BCUT2D eigenvalue weighted by Gasteiger charge is -2.61. The van der Waals surface area contributed by atoms with Crippen molar-refractivity contribution < 1.29 is 14.2 Å². The Morgan fingerprint density at radius 3 is 0.968 bits per heavy atom. The first kappa shape index (κ1) is 73.5. The summed E-state index contributed by atoms with van der Waals surface area (Å²) in [6, 6.07) is 138. The van der Waals surface area contributed by atoms with Gasteiger partial charge in [-0.3, -0.25) is 0 Å². The minimum Gasteiger partial charge on any atom is -0.457 e. The number of ether oxygens (including phenoxy) is 3. The number of benzene rings is 16. The summed E-state index contributed by atoms with van der Waals surface area (Å²) < 4.78 is 20.5. The molecule has 2 spiro atoms. The minimum absolute atomic E-state index is 0.174. The van der Waals surface area contributed by atoms with Crippen LogP contribution in [0.5, 0.6) is 34.5 Å².